The number of H-pyrrole nitrogens is 1. The fourth-order valence-electron chi connectivity index (χ4n) is 5.91. The number of halogens is 1. The van der Waals surface area contributed by atoms with Crippen molar-refractivity contribution >= 4 is 38.5 Å². The molecule has 40 heavy (non-hydrogen) atoms. The molecule has 9 nitrogen and oxygen atoms in total. The Morgan fingerprint density at radius 2 is 1.77 bits per heavy atom. The lowest BCUT2D eigenvalue weighted by atomic mass is 10.0. The molecule has 0 bridgehead atoms. The molecular weight excluding hydrogens is 568 g/mol. The van der Waals surface area contributed by atoms with Crippen LogP contribution in [0.3, 0.4) is 0 Å². The molecule has 3 aromatic heterocycles. The summed E-state index contributed by atoms with van der Waals surface area (Å²) in [5, 5.41) is 7.88. The molecule has 6 rings (SSSR count). The van der Waals surface area contributed by atoms with Crippen molar-refractivity contribution in [1.29, 1.82) is 0 Å². The van der Waals surface area contributed by atoms with Gasteiger partial charge in [0.2, 0.25) is 0 Å². The maximum absolute atomic E-state index is 5.35. The molecule has 0 spiro atoms. The largest absolute Gasteiger partial charge is 0.379 e. The number of fused-ring (bicyclic) bond motifs is 1. The zero-order chi connectivity index (χ0) is 27.8. The topological polar surface area (TPSA) is 89.3 Å². The average Bonchev–Trinajstić information content (AvgIpc) is 3.54. The minimum absolute atomic E-state index is 0.432. The quantitative estimate of drug-likeness (QED) is 0.281. The smallest absolute Gasteiger partial charge is 0.159 e. The van der Waals surface area contributed by atoms with Crippen LogP contribution in [0.25, 0.3) is 22.6 Å². The van der Waals surface area contributed by atoms with E-state index in [0.717, 1.165) is 103 Å². The second kappa shape index (κ2) is 11.5. The second-order valence-corrected chi connectivity index (χ2v) is 12.3. The van der Waals surface area contributed by atoms with Crippen LogP contribution >= 0.6 is 15.9 Å². The van der Waals surface area contributed by atoms with Gasteiger partial charge in [0.25, 0.3) is 0 Å². The SMILES string of the molecule is Cc1noc(C)c1CN1CCN(c2ccc(-c3nc4c(NC5CCN(C(C)C)CC5)c(Br)cnc4[nH]3)cc2)CC1. The van der Waals surface area contributed by atoms with Crippen molar-refractivity contribution < 1.29 is 4.52 Å². The summed E-state index contributed by atoms with van der Waals surface area (Å²) in [6, 6.07) is 9.76. The maximum atomic E-state index is 5.35. The minimum Gasteiger partial charge on any atom is -0.379 e. The number of anilines is 2. The molecule has 212 valence electrons. The molecule has 2 fully saturated rings. The van der Waals surface area contributed by atoms with Gasteiger partial charge in [-0.2, -0.15) is 0 Å². The molecule has 0 aliphatic carbocycles. The number of hydrogen-bond donors (Lipinski definition) is 2. The van der Waals surface area contributed by atoms with E-state index in [1.165, 1.54) is 11.3 Å². The van der Waals surface area contributed by atoms with E-state index in [4.69, 9.17) is 9.51 Å². The maximum Gasteiger partial charge on any atom is 0.159 e. The summed E-state index contributed by atoms with van der Waals surface area (Å²) in [6.07, 6.45) is 4.12. The Hall–Kier alpha value is -2.95. The molecule has 1 aromatic carbocycles. The van der Waals surface area contributed by atoms with Crippen LogP contribution in [0.15, 0.2) is 39.5 Å². The number of aromatic nitrogens is 4. The number of imidazole rings is 1. The number of piperazine rings is 1. The van der Waals surface area contributed by atoms with E-state index in [2.05, 4.69) is 89.2 Å². The van der Waals surface area contributed by atoms with Gasteiger partial charge in [-0.15, -0.1) is 0 Å². The third-order valence-electron chi connectivity index (χ3n) is 8.52. The van der Waals surface area contributed by atoms with Gasteiger partial charge in [0.05, 0.1) is 15.9 Å². The van der Waals surface area contributed by atoms with Gasteiger partial charge in [-0.25, -0.2) is 9.97 Å². The van der Waals surface area contributed by atoms with E-state index in [1.54, 1.807) is 0 Å². The first-order chi connectivity index (χ1) is 19.4. The van der Waals surface area contributed by atoms with E-state index >= 15 is 0 Å². The van der Waals surface area contributed by atoms with Gasteiger partial charge in [-0.1, -0.05) is 5.16 Å². The molecular formula is C30H39BrN8O. The molecule has 0 unspecified atom stereocenters. The van der Waals surface area contributed by atoms with Crippen molar-refractivity contribution in [2.75, 3.05) is 49.5 Å². The van der Waals surface area contributed by atoms with Crippen molar-refractivity contribution in [2.45, 2.75) is 59.2 Å². The third kappa shape index (κ3) is 5.62. The Kier molecular flexibility index (Phi) is 7.83. The number of piperidine rings is 1. The monoisotopic (exact) mass is 606 g/mol. The molecule has 5 heterocycles. The molecule has 0 saturated carbocycles. The van der Waals surface area contributed by atoms with Gasteiger partial charge < -0.3 is 24.6 Å². The lowest BCUT2D eigenvalue weighted by Crippen LogP contribution is -2.46. The summed E-state index contributed by atoms with van der Waals surface area (Å²) in [6.45, 7) is 15.7. The van der Waals surface area contributed by atoms with Crippen LogP contribution in [-0.4, -0.2) is 81.3 Å². The van der Waals surface area contributed by atoms with E-state index in [1.807, 2.05) is 20.0 Å². The molecule has 0 radical (unpaired) electrons. The highest BCUT2D eigenvalue weighted by molar-refractivity contribution is 9.10. The summed E-state index contributed by atoms with van der Waals surface area (Å²) < 4.78 is 6.30. The number of pyridine rings is 1. The number of hydrogen-bond acceptors (Lipinski definition) is 8. The Labute approximate surface area is 244 Å². The third-order valence-corrected chi connectivity index (χ3v) is 9.12. The number of benzene rings is 1. The van der Waals surface area contributed by atoms with Crippen molar-refractivity contribution in [3.63, 3.8) is 0 Å². The summed E-state index contributed by atoms with van der Waals surface area (Å²) in [5.41, 5.74) is 7.24. The van der Waals surface area contributed by atoms with Crippen molar-refractivity contribution in [1.82, 2.24) is 29.9 Å². The van der Waals surface area contributed by atoms with E-state index in [0.29, 0.717) is 12.1 Å². The summed E-state index contributed by atoms with van der Waals surface area (Å²) >= 11 is 3.72. The van der Waals surface area contributed by atoms with Crippen LogP contribution in [0, 0.1) is 13.8 Å². The predicted octanol–water partition coefficient (Wildman–Crippen LogP) is 5.60. The van der Waals surface area contributed by atoms with E-state index < -0.39 is 0 Å². The zero-order valence-corrected chi connectivity index (χ0v) is 25.5. The first kappa shape index (κ1) is 27.2. The van der Waals surface area contributed by atoms with Crippen molar-refractivity contribution in [3.8, 4) is 11.4 Å². The molecule has 10 heteroatoms. The van der Waals surface area contributed by atoms with E-state index in [-0.39, 0.29) is 0 Å². The lowest BCUT2D eigenvalue weighted by molar-refractivity contribution is 0.177. The minimum atomic E-state index is 0.432. The van der Waals surface area contributed by atoms with Gasteiger partial charge in [-0.05, 0) is 80.7 Å². The normalized spacial score (nSPS) is 17.8. The fourth-order valence-corrected chi connectivity index (χ4v) is 6.32. The van der Waals surface area contributed by atoms with E-state index in [9.17, 15) is 0 Å². The molecule has 4 aromatic rings. The number of nitrogens with one attached hydrogen (secondary N) is 2. The molecule has 2 N–H and O–H groups in total. The average molecular weight is 608 g/mol. The van der Waals surface area contributed by atoms with Crippen molar-refractivity contribution in [3.05, 3.63) is 52.0 Å². The number of rotatable bonds is 7. The number of aryl methyl sites for hydroxylation is 2. The van der Waals surface area contributed by atoms with Crippen LogP contribution < -0.4 is 10.2 Å². The number of aromatic amines is 1. The summed E-state index contributed by atoms with van der Waals surface area (Å²) in [5.74, 6) is 1.77. The van der Waals surface area contributed by atoms with Crippen LogP contribution in [0.4, 0.5) is 11.4 Å². The van der Waals surface area contributed by atoms with Gasteiger partial charge in [0.1, 0.15) is 17.1 Å². The van der Waals surface area contributed by atoms with Gasteiger partial charge in [-0.3, -0.25) is 4.90 Å². The lowest BCUT2D eigenvalue weighted by Gasteiger charge is -2.36. The highest BCUT2D eigenvalue weighted by Crippen LogP contribution is 2.33. The molecule has 0 atom stereocenters. The standard InChI is InChI=1S/C30H39BrN8O/c1-19(2)38-11-9-23(10-12-38)33-27-26(31)17-32-30-28(27)34-29(35-30)22-5-7-24(8-6-22)39-15-13-37(14-16-39)18-25-20(3)36-40-21(25)4/h5-8,17,19,23H,9-16,18H2,1-4H3,(H2,32,33,34,35). The van der Waals surface area contributed by atoms with Crippen molar-refractivity contribution in [2.24, 2.45) is 0 Å². The summed E-state index contributed by atoms with van der Waals surface area (Å²) in [7, 11) is 0. The molecule has 0 amide bonds. The Balaban J connectivity index is 1.12. The first-order valence-electron chi connectivity index (χ1n) is 14.4. The fraction of sp³-hybridized carbons (Fsp3) is 0.500. The zero-order valence-electron chi connectivity index (χ0n) is 23.9. The van der Waals surface area contributed by atoms with Crippen LogP contribution in [0.1, 0.15) is 43.7 Å². The van der Waals surface area contributed by atoms with Gasteiger partial charge in [0, 0.05) is 80.9 Å². The highest BCUT2D eigenvalue weighted by atomic mass is 79.9. The van der Waals surface area contributed by atoms with Gasteiger partial charge >= 0.3 is 0 Å². The Bertz CT molecular complexity index is 1430. The molecule has 2 aliphatic rings. The van der Waals surface area contributed by atoms with Gasteiger partial charge in [0.15, 0.2) is 5.65 Å². The molecule has 2 saturated heterocycles. The Morgan fingerprint density at radius 1 is 1.05 bits per heavy atom. The predicted molar refractivity (Wildman–Crippen MR) is 164 cm³/mol. The van der Waals surface area contributed by atoms with Crippen LogP contribution in [-0.2, 0) is 6.54 Å². The highest BCUT2D eigenvalue weighted by Gasteiger charge is 2.24. The number of nitrogens with zero attached hydrogens (tertiary/aromatic N) is 6. The first-order valence-corrected chi connectivity index (χ1v) is 15.2. The summed E-state index contributed by atoms with van der Waals surface area (Å²) in [4.78, 5) is 20.6. The van der Waals surface area contributed by atoms with Crippen LogP contribution in [0.2, 0.25) is 0 Å². The second-order valence-electron chi connectivity index (χ2n) is 11.4. The molecule has 2 aliphatic heterocycles. The number of likely N-dealkylation sites (tertiary alicyclic amines) is 1. The Morgan fingerprint density at radius 3 is 2.42 bits per heavy atom. The van der Waals surface area contributed by atoms with Crippen LogP contribution in [0.5, 0.6) is 0 Å².